The Kier molecular flexibility index (Phi) is 4.26. The van der Waals surface area contributed by atoms with Crippen molar-refractivity contribution in [1.29, 1.82) is 0 Å². The van der Waals surface area contributed by atoms with Gasteiger partial charge in [0.15, 0.2) is 18.1 Å². The number of carbonyl (C=O) groups is 1. The van der Waals surface area contributed by atoms with E-state index in [1.54, 1.807) is 0 Å². The molecule has 2 heterocycles. The highest BCUT2D eigenvalue weighted by Crippen LogP contribution is 2.41. The zero-order valence-corrected chi connectivity index (χ0v) is 14.5. The molecule has 1 aliphatic heterocycles. The number of fused-ring (bicyclic) bond motifs is 1. The van der Waals surface area contributed by atoms with E-state index >= 15 is 0 Å². The molecular weight excluding hydrogens is 306 g/mol. The average molecular weight is 329 g/mol. The zero-order chi connectivity index (χ0) is 17.3. The summed E-state index contributed by atoms with van der Waals surface area (Å²) in [6.45, 7) is 7.76. The summed E-state index contributed by atoms with van der Waals surface area (Å²) in [5.41, 5.74) is 0.868. The first-order valence-corrected chi connectivity index (χ1v) is 8.13. The quantitative estimate of drug-likeness (QED) is 0.911. The molecule has 1 aromatic heterocycles. The Hall–Kier alpha value is -2.43. The SMILES string of the molecule is Cc1ccc(C(C)NC(=O)COc2cccc3c2OC(C)(C)C3)o1. The normalized spacial score (nSPS) is 16.2. The molecule has 0 bridgehead atoms. The van der Waals surface area contributed by atoms with Gasteiger partial charge in [-0.25, -0.2) is 0 Å². The lowest BCUT2D eigenvalue weighted by Gasteiger charge is -2.18. The number of benzene rings is 1. The van der Waals surface area contributed by atoms with E-state index < -0.39 is 0 Å². The van der Waals surface area contributed by atoms with Crippen LogP contribution in [0.3, 0.4) is 0 Å². The Morgan fingerprint density at radius 3 is 2.83 bits per heavy atom. The van der Waals surface area contributed by atoms with Crippen molar-refractivity contribution in [3.8, 4) is 11.5 Å². The second-order valence-electron chi connectivity index (χ2n) is 6.81. The fourth-order valence-corrected chi connectivity index (χ4v) is 2.88. The maximum absolute atomic E-state index is 12.1. The topological polar surface area (TPSA) is 60.7 Å². The lowest BCUT2D eigenvalue weighted by atomic mass is 10.0. The molecule has 1 amide bonds. The van der Waals surface area contributed by atoms with E-state index in [1.165, 1.54) is 0 Å². The van der Waals surface area contributed by atoms with Crippen molar-refractivity contribution in [2.45, 2.75) is 45.8 Å². The van der Waals surface area contributed by atoms with E-state index in [1.807, 2.05) is 58.0 Å². The van der Waals surface area contributed by atoms with Crippen LogP contribution in [0.2, 0.25) is 0 Å². The molecule has 5 heteroatoms. The molecule has 3 rings (SSSR count). The standard InChI is InChI=1S/C19H23NO4/c1-12-8-9-15(23-12)13(2)20-17(21)11-22-16-7-5-6-14-10-19(3,4)24-18(14)16/h5-9,13H,10-11H2,1-4H3,(H,20,21). The van der Waals surface area contributed by atoms with Gasteiger partial charge < -0.3 is 19.2 Å². The van der Waals surface area contributed by atoms with Gasteiger partial charge in [0.2, 0.25) is 0 Å². The first-order valence-electron chi connectivity index (χ1n) is 8.13. The largest absolute Gasteiger partial charge is 0.483 e. The molecule has 0 fully saturated rings. The molecule has 5 nitrogen and oxygen atoms in total. The minimum Gasteiger partial charge on any atom is -0.483 e. The van der Waals surface area contributed by atoms with Crippen LogP contribution in [0.15, 0.2) is 34.7 Å². The molecule has 1 atom stereocenters. The predicted octanol–water partition coefficient (Wildman–Crippen LogP) is 3.56. The van der Waals surface area contributed by atoms with Crippen LogP contribution in [-0.4, -0.2) is 18.1 Å². The summed E-state index contributed by atoms with van der Waals surface area (Å²) in [5.74, 6) is 2.69. The maximum Gasteiger partial charge on any atom is 0.258 e. The number of hydrogen-bond donors (Lipinski definition) is 1. The molecule has 1 aliphatic rings. The van der Waals surface area contributed by atoms with E-state index in [-0.39, 0.29) is 24.2 Å². The minimum atomic E-state index is -0.240. The monoisotopic (exact) mass is 329 g/mol. The third kappa shape index (κ3) is 3.55. The fraction of sp³-hybridized carbons (Fsp3) is 0.421. The van der Waals surface area contributed by atoms with Crippen molar-refractivity contribution < 1.29 is 18.7 Å². The third-order valence-corrected chi connectivity index (χ3v) is 3.98. The number of aryl methyl sites for hydroxylation is 1. The summed E-state index contributed by atoms with van der Waals surface area (Å²) in [6.07, 6.45) is 0.834. The molecule has 0 saturated carbocycles. The number of ether oxygens (including phenoxy) is 2. The Balaban J connectivity index is 1.59. The Morgan fingerprint density at radius 2 is 2.12 bits per heavy atom. The summed E-state index contributed by atoms with van der Waals surface area (Å²) in [7, 11) is 0. The summed E-state index contributed by atoms with van der Waals surface area (Å²) in [6, 6.07) is 9.31. The molecule has 0 radical (unpaired) electrons. The number of furan rings is 1. The van der Waals surface area contributed by atoms with Crippen LogP contribution in [-0.2, 0) is 11.2 Å². The fourth-order valence-electron chi connectivity index (χ4n) is 2.88. The van der Waals surface area contributed by atoms with Gasteiger partial charge in [0, 0.05) is 12.0 Å². The number of rotatable bonds is 5. The van der Waals surface area contributed by atoms with Crippen molar-refractivity contribution in [2.75, 3.05) is 6.61 Å². The van der Waals surface area contributed by atoms with E-state index in [9.17, 15) is 4.79 Å². The second-order valence-corrected chi connectivity index (χ2v) is 6.81. The zero-order valence-electron chi connectivity index (χ0n) is 14.5. The predicted molar refractivity (Wildman–Crippen MR) is 90.4 cm³/mol. The van der Waals surface area contributed by atoms with E-state index in [4.69, 9.17) is 13.9 Å². The van der Waals surface area contributed by atoms with Crippen LogP contribution in [0.1, 0.15) is 43.9 Å². The maximum atomic E-state index is 12.1. The number of para-hydroxylation sites is 1. The molecule has 2 aromatic rings. The van der Waals surface area contributed by atoms with Gasteiger partial charge in [-0.2, -0.15) is 0 Å². The summed E-state index contributed by atoms with van der Waals surface area (Å²) in [5, 5.41) is 2.87. The highest BCUT2D eigenvalue weighted by Gasteiger charge is 2.32. The first-order chi connectivity index (χ1) is 11.3. The smallest absolute Gasteiger partial charge is 0.258 e. The summed E-state index contributed by atoms with van der Waals surface area (Å²) >= 11 is 0. The van der Waals surface area contributed by atoms with E-state index in [2.05, 4.69) is 5.32 Å². The van der Waals surface area contributed by atoms with Gasteiger partial charge in [-0.15, -0.1) is 0 Å². The van der Waals surface area contributed by atoms with Crippen LogP contribution in [0.25, 0.3) is 0 Å². The van der Waals surface area contributed by atoms with Gasteiger partial charge in [0.1, 0.15) is 17.1 Å². The van der Waals surface area contributed by atoms with Crippen LogP contribution in [0, 0.1) is 6.92 Å². The highest BCUT2D eigenvalue weighted by molar-refractivity contribution is 5.78. The average Bonchev–Trinajstić information content (AvgIpc) is 3.06. The van der Waals surface area contributed by atoms with Crippen molar-refractivity contribution in [2.24, 2.45) is 0 Å². The van der Waals surface area contributed by atoms with E-state index in [0.29, 0.717) is 5.75 Å². The molecule has 1 unspecified atom stereocenters. The molecule has 128 valence electrons. The highest BCUT2D eigenvalue weighted by atomic mass is 16.5. The Labute approximate surface area is 141 Å². The van der Waals surface area contributed by atoms with Crippen LogP contribution in [0.4, 0.5) is 0 Å². The number of nitrogens with one attached hydrogen (secondary N) is 1. The van der Waals surface area contributed by atoms with Gasteiger partial charge >= 0.3 is 0 Å². The van der Waals surface area contributed by atoms with Gasteiger partial charge in [0.05, 0.1) is 6.04 Å². The minimum absolute atomic E-state index is 0.0652. The van der Waals surface area contributed by atoms with Crippen molar-refractivity contribution >= 4 is 5.91 Å². The van der Waals surface area contributed by atoms with Gasteiger partial charge in [-0.3, -0.25) is 4.79 Å². The lowest BCUT2D eigenvalue weighted by Crippen LogP contribution is -2.31. The Morgan fingerprint density at radius 1 is 1.33 bits per heavy atom. The van der Waals surface area contributed by atoms with Crippen molar-refractivity contribution in [1.82, 2.24) is 5.32 Å². The van der Waals surface area contributed by atoms with E-state index in [0.717, 1.165) is 29.3 Å². The second kappa shape index (κ2) is 6.23. The number of amides is 1. The van der Waals surface area contributed by atoms with Gasteiger partial charge in [-0.1, -0.05) is 12.1 Å². The lowest BCUT2D eigenvalue weighted by molar-refractivity contribution is -0.123. The van der Waals surface area contributed by atoms with Crippen molar-refractivity contribution in [3.63, 3.8) is 0 Å². The summed E-state index contributed by atoms with van der Waals surface area (Å²) in [4.78, 5) is 12.1. The van der Waals surface area contributed by atoms with Crippen LogP contribution < -0.4 is 14.8 Å². The Bertz CT molecular complexity index is 748. The third-order valence-electron chi connectivity index (χ3n) is 3.98. The molecule has 1 N–H and O–H groups in total. The number of hydrogen-bond acceptors (Lipinski definition) is 4. The molecular formula is C19H23NO4. The van der Waals surface area contributed by atoms with Crippen LogP contribution in [0.5, 0.6) is 11.5 Å². The molecule has 0 saturated heterocycles. The van der Waals surface area contributed by atoms with Gasteiger partial charge in [0.25, 0.3) is 5.91 Å². The molecule has 0 aliphatic carbocycles. The van der Waals surface area contributed by atoms with Crippen LogP contribution >= 0.6 is 0 Å². The number of carbonyl (C=O) groups excluding carboxylic acids is 1. The summed E-state index contributed by atoms with van der Waals surface area (Å²) < 4.78 is 17.1. The molecule has 24 heavy (non-hydrogen) atoms. The van der Waals surface area contributed by atoms with Gasteiger partial charge in [-0.05, 0) is 45.9 Å². The molecule has 0 spiro atoms. The first kappa shape index (κ1) is 16.4. The molecule has 1 aromatic carbocycles. The van der Waals surface area contributed by atoms with Crippen molar-refractivity contribution in [3.05, 3.63) is 47.4 Å².